The molecule has 0 unspecified atom stereocenters. The Morgan fingerprint density at radius 2 is 1.52 bits per heavy atom. The van der Waals surface area contributed by atoms with Crippen LogP contribution in [0.15, 0.2) is 89.3 Å². The molecule has 0 radical (unpaired) electrons. The van der Waals surface area contributed by atoms with Crippen LogP contribution in [0.2, 0.25) is 0 Å². The summed E-state index contributed by atoms with van der Waals surface area (Å²) in [5, 5.41) is 6.52. The third-order valence-electron chi connectivity index (χ3n) is 8.66. The lowest BCUT2D eigenvalue weighted by Gasteiger charge is -2.37. The number of anilines is 2. The van der Waals surface area contributed by atoms with Crippen molar-refractivity contribution < 1.29 is 23.8 Å². The number of rotatable bonds is 10. The second-order valence-electron chi connectivity index (χ2n) is 11.0. The zero-order valence-electron chi connectivity index (χ0n) is 26.3. The largest absolute Gasteiger partial charge is 0.495 e. The topological polar surface area (TPSA) is 89.1 Å². The highest BCUT2D eigenvalue weighted by molar-refractivity contribution is 6.10. The van der Waals surface area contributed by atoms with E-state index in [0.29, 0.717) is 46.9 Å². The van der Waals surface area contributed by atoms with Crippen LogP contribution in [0.1, 0.15) is 56.6 Å². The second-order valence-corrected chi connectivity index (χ2v) is 11.0. The normalized spacial score (nSPS) is 17.9. The van der Waals surface area contributed by atoms with Crippen LogP contribution in [0.3, 0.4) is 0 Å². The highest BCUT2D eigenvalue weighted by atomic mass is 16.5. The van der Waals surface area contributed by atoms with Crippen LogP contribution >= 0.6 is 0 Å². The Labute approximate surface area is 259 Å². The molecular formula is C36H41N3O5. The molecule has 3 aromatic rings. The maximum atomic E-state index is 14.1. The first-order valence-electron chi connectivity index (χ1n) is 15.1. The van der Waals surface area contributed by atoms with Crippen molar-refractivity contribution in [3.05, 3.63) is 100 Å². The molecule has 1 aliphatic heterocycles. The Balaban J connectivity index is 1.56. The van der Waals surface area contributed by atoms with Crippen molar-refractivity contribution in [2.75, 3.05) is 44.6 Å². The van der Waals surface area contributed by atoms with Gasteiger partial charge in [-0.05, 0) is 80.6 Å². The molecule has 230 valence electrons. The average molecular weight is 596 g/mol. The molecule has 0 saturated heterocycles. The van der Waals surface area contributed by atoms with E-state index in [1.807, 2.05) is 49.4 Å². The van der Waals surface area contributed by atoms with Gasteiger partial charge >= 0.3 is 0 Å². The lowest BCUT2D eigenvalue weighted by atomic mass is 9.71. The number of methoxy groups -OCH3 is 3. The minimum atomic E-state index is -0.523. The van der Waals surface area contributed by atoms with Crippen LogP contribution in [0.25, 0.3) is 0 Å². The summed E-state index contributed by atoms with van der Waals surface area (Å²) in [5.74, 6) is 1.01. The van der Waals surface area contributed by atoms with E-state index in [0.717, 1.165) is 41.3 Å². The smallest absolute Gasteiger partial charge is 0.254 e. The van der Waals surface area contributed by atoms with Crippen molar-refractivity contribution in [1.82, 2.24) is 5.32 Å². The highest BCUT2D eigenvalue weighted by Gasteiger charge is 2.41. The van der Waals surface area contributed by atoms with Crippen LogP contribution in [0.5, 0.6) is 17.2 Å². The fraction of sp³-hybridized carbons (Fsp3) is 0.333. The summed E-state index contributed by atoms with van der Waals surface area (Å²) in [6.07, 6.45) is 0.952. The van der Waals surface area contributed by atoms with Crippen molar-refractivity contribution in [1.29, 1.82) is 0 Å². The third-order valence-corrected chi connectivity index (χ3v) is 8.66. The number of nitrogens with one attached hydrogen (secondary N) is 2. The molecule has 2 N–H and O–H groups in total. The second kappa shape index (κ2) is 13.3. The molecule has 2 atom stereocenters. The molecule has 44 heavy (non-hydrogen) atoms. The van der Waals surface area contributed by atoms with Crippen molar-refractivity contribution in [3.8, 4) is 17.2 Å². The van der Waals surface area contributed by atoms with E-state index in [4.69, 9.17) is 14.2 Å². The predicted octanol–water partition coefficient (Wildman–Crippen LogP) is 6.56. The summed E-state index contributed by atoms with van der Waals surface area (Å²) in [6.45, 7) is 7.94. The van der Waals surface area contributed by atoms with Crippen molar-refractivity contribution in [2.24, 2.45) is 0 Å². The van der Waals surface area contributed by atoms with Gasteiger partial charge in [0.25, 0.3) is 5.91 Å². The van der Waals surface area contributed by atoms with Gasteiger partial charge in [0.2, 0.25) is 0 Å². The van der Waals surface area contributed by atoms with E-state index < -0.39 is 5.92 Å². The highest BCUT2D eigenvalue weighted by Crippen LogP contribution is 2.47. The Morgan fingerprint density at radius 1 is 0.864 bits per heavy atom. The molecular weight excluding hydrogens is 554 g/mol. The van der Waals surface area contributed by atoms with Gasteiger partial charge in [0.1, 0.15) is 5.75 Å². The molecule has 8 heteroatoms. The number of Topliss-reactive ketones (excluding diaryl/α,β-unsaturated/α-hetero) is 1. The number of hydrogen-bond donors (Lipinski definition) is 2. The molecule has 2 aliphatic rings. The van der Waals surface area contributed by atoms with Gasteiger partial charge in [0.05, 0.1) is 27.0 Å². The minimum absolute atomic E-state index is 0.0199. The maximum Gasteiger partial charge on any atom is 0.254 e. The number of nitrogens with zero attached hydrogens (tertiary/aromatic N) is 1. The zero-order chi connectivity index (χ0) is 31.4. The van der Waals surface area contributed by atoms with Gasteiger partial charge in [0.15, 0.2) is 17.3 Å². The number of amides is 1. The molecule has 8 nitrogen and oxygen atoms in total. The predicted molar refractivity (Wildman–Crippen MR) is 174 cm³/mol. The third kappa shape index (κ3) is 5.89. The van der Waals surface area contributed by atoms with E-state index in [1.54, 1.807) is 33.5 Å². The number of dihydropyridines is 1. The van der Waals surface area contributed by atoms with Crippen LogP contribution in [-0.4, -0.2) is 46.1 Å². The van der Waals surface area contributed by atoms with E-state index in [9.17, 15) is 9.59 Å². The Morgan fingerprint density at radius 3 is 2.18 bits per heavy atom. The van der Waals surface area contributed by atoms with Crippen molar-refractivity contribution in [2.45, 2.75) is 45.4 Å². The summed E-state index contributed by atoms with van der Waals surface area (Å²) >= 11 is 0. The van der Waals surface area contributed by atoms with Crippen molar-refractivity contribution >= 4 is 23.1 Å². The Kier molecular flexibility index (Phi) is 9.28. The van der Waals surface area contributed by atoms with Gasteiger partial charge in [-0.1, -0.05) is 30.3 Å². The summed E-state index contributed by atoms with van der Waals surface area (Å²) in [5.41, 5.74) is 6.31. The lowest BCUT2D eigenvalue weighted by Crippen LogP contribution is -2.37. The van der Waals surface area contributed by atoms with E-state index in [2.05, 4.69) is 41.5 Å². The monoisotopic (exact) mass is 595 g/mol. The molecule has 5 rings (SSSR count). The Bertz CT molecular complexity index is 1600. The number of ketones is 1. The number of hydrogen-bond acceptors (Lipinski definition) is 7. The molecule has 1 aliphatic carbocycles. The number of carbonyl (C=O) groups excluding carboxylic acids is 2. The van der Waals surface area contributed by atoms with Gasteiger partial charge in [-0.2, -0.15) is 0 Å². The molecule has 0 fully saturated rings. The molecule has 1 amide bonds. The summed E-state index contributed by atoms with van der Waals surface area (Å²) in [4.78, 5) is 30.5. The summed E-state index contributed by atoms with van der Waals surface area (Å²) < 4.78 is 16.4. The number of benzene rings is 3. The zero-order valence-corrected chi connectivity index (χ0v) is 26.3. The maximum absolute atomic E-state index is 14.1. The van der Waals surface area contributed by atoms with Gasteiger partial charge in [-0.3, -0.25) is 9.59 Å². The molecule has 0 saturated carbocycles. The van der Waals surface area contributed by atoms with Crippen LogP contribution < -0.4 is 29.7 Å². The fourth-order valence-corrected chi connectivity index (χ4v) is 6.42. The van der Waals surface area contributed by atoms with Gasteiger partial charge in [-0.25, -0.2) is 0 Å². The molecule has 3 aromatic carbocycles. The molecule has 0 spiro atoms. The minimum Gasteiger partial charge on any atom is -0.495 e. The number of carbonyl (C=O) groups is 2. The quantitative estimate of drug-likeness (QED) is 0.274. The van der Waals surface area contributed by atoms with Gasteiger partial charge in [-0.15, -0.1) is 0 Å². The van der Waals surface area contributed by atoms with E-state index >= 15 is 0 Å². The number of para-hydroxylation sites is 2. The van der Waals surface area contributed by atoms with Crippen molar-refractivity contribution in [3.63, 3.8) is 0 Å². The Hall–Kier alpha value is -4.72. The van der Waals surface area contributed by atoms with E-state index in [-0.39, 0.29) is 17.6 Å². The first kappa shape index (κ1) is 30.7. The lowest BCUT2D eigenvalue weighted by molar-refractivity contribution is -0.116. The van der Waals surface area contributed by atoms with Crippen LogP contribution in [0, 0.1) is 0 Å². The average Bonchev–Trinajstić information content (AvgIpc) is 3.04. The molecule has 0 bridgehead atoms. The molecule has 1 heterocycles. The first-order valence-corrected chi connectivity index (χ1v) is 15.1. The number of ether oxygens (including phenoxy) is 3. The van der Waals surface area contributed by atoms with E-state index in [1.165, 1.54) is 0 Å². The van der Waals surface area contributed by atoms with Crippen LogP contribution in [0.4, 0.5) is 11.4 Å². The van der Waals surface area contributed by atoms with Crippen LogP contribution in [-0.2, 0) is 9.59 Å². The van der Waals surface area contributed by atoms with Gasteiger partial charge in [0, 0.05) is 53.7 Å². The number of allylic oxidation sites excluding steroid dienone is 3. The SMILES string of the molecule is CCN(CC)c1ccc([C@H]2C(C(=O)Nc3ccccc3OC)=C(C)NC3=C2C(=O)C[C@H](c2ccc(OC)c(OC)c2)C3)cc1. The summed E-state index contributed by atoms with van der Waals surface area (Å²) in [6, 6.07) is 21.4. The standard InChI is InChI=1S/C36H41N3O5/c1-7-39(8-2)26-16-13-23(14-17-26)34-33(36(41)38-27-11-9-10-12-30(27)42-4)22(3)37-28-19-25(20-29(40)35(28)34)24-15-18-31(43-5)32(21-24)44-6/h9-18,21,25,34,37H,7-8,19-20H2,1-6H3,(H,38,41)/t25-,34+/m1/s1. The summed E-state index contributed by atoms with van der Waals surface area (Å²) in [7, 11) is 4.79. The van der Waals surface area contributed by atoms with Gasteiger partial charge < -0.3 is 29.7 Å². The first-order chi connectivity index (χ1) is 21.3. The fourth-order valence-electron chi connectivity index (χ4n) is 6.42. The molecule has 0 aromatic heterocycles.